The molecule has 1 aliphatic carbocycles. The first-order chi connectivity index (χ1) is 5.35. The van der Waals surface area contributed by atoms with Gasteiger partial charge in [0, 0.05) is 13.0 Å². The first kappa shape index (κ1) is 7.03. The normalized spacial score (nSPS) is 26.5. The van der Waals surface area contributed by atoms with Gasteiger partial charge in [0.25, 0.3) is 0 Å². The minimum atomic E-state index is -0.432. The maximum absolute atomic E-state index is 5.45. The van der Waals surface area contributed by atoms with Crippen molar-refractivity contribution >= 4 is 0 Å². The van der Waals surface area contributed by atoms with Crippen LogP contribution in [0.15, 0.2) is 23.8 Å². The molecule has 3 heteroatoms. The first-order valence-corrected chi connectivity index (χ1v) is 3.71. The summed E-state index contributed by atoms with van der Waals surface area (Å²) in [6, 6.07) is 0. The highest BCUT2D eigenvalue weighted by Gasteiger charge is 2.37. The Kier molecular flexibility index (Phi) is 1.56. The minimum Gasteiger partial charge on any atom is -0.327 e. The lowest BCUT2D eigenvalue weighted by molar-refractivity contribution is -0.370. The van der Waals surface area contributed by atoms with Gasteiger partial charge in [-0.15, -0.1) is 0 Å². The molecule has 60 valence electrons. The zero-order valence-electron chi connectivity index (χ0n) is 6.25. The molecule has 1 saturated heterocycles. The van der Waals surface area contributed by atoms with E-state index in [9.17, 15) is 0 Å². The van der Waals surface area contributed by atoms with Crippen molar-refractivity contribution in [3.8, 4) is 0 Å². The molecule has 1 aliphatic heterocycles. The molecule has 0 radical (unpaired) electrons. The van der Waals surface area contributed by atoms with Crippen molar-refractivity contribution in [3.63, 3.8) is 0 Å². The van der Waals surface area contributed by atoms with Crippen molar-refractivity contribution < 1.29 is 9.47 Å². The van der Waals surface area contributed by atoms with Crippen molar-refractivity contribution in [2.45, 2.75) is 12.2 Å². The van der Waals surface area contributed by atoms with E-state index in [4.69, 9.17) is 15.2 Å². The van der Waals surface area contributed by atoms with Gasteiger partial charge in [-0.1, -0.05) is 12.2 Å². The third-order valence-corrected chi connectivity index (χ3v) is 2.04. The second kappa shape index (κ2) is 2.44. The van der Waals surface area contributed by atoms with Crippen LogP contribution in [0.4, 0.5) is 0 Å². The van der Waals surface area contributed by atoms with Gasteiger partial charge in [-0.05, 0) is 11.6 Å². The smallest absolute Gasteiger partial charge is 0.196 e. The summed E-state index contributed by atoms with van der Waals surface area (Å²) in [7, 11) is 0. The van der Waals surface area contributed by atoms with Gasteiger partial charge in [0.2, 0.25) is 0 Å². The van der Waals surface area contributed by atoms with Gasteiger partial charge in [-0.3, -0.25) is 0 Å². The van der Waals surface area contributed by atoms with Crippen molar-refractivity contribution in [3.05, 3.63) is 23.8 Å². The van der Waals surface area contributed by atoms with Gasteiger partial charge in [-0.2, -0.15) is 0 Å². The number of hydrogen-bond donors (Lipinski definition) is 1. The predicted molar refractivity (Wildman–Crippen MR) is 40.7 cm³/mol. The summed E-state index contributed by atoms with van der Waals surface area (Å²) in [6.07, 6.45) is 6.73. The maximum atomic E-state index is 5.45. The molecule has 0 aromatic carbocycles. The van der Waals surface area contributed by atoms with Crippen LogP contribution in [0.5, 0.6) is 0 Å². The number of nitrogens with two attached hydrogens (primary N) is 1. The summed E-state index contributed by atoms with van der Waals surface area (Å²) >= 11 is 0. The van der Waals surface area contributed by atoms with Crippen molar-refractivity contribution in [2.75, 3.05) is 13.3 Å². The lowest BCUT2D eigenvalue weighted by atomic mass is 10.0. The van der Waals surface area contributed by atoms with E-state index in [1.165, 1.54) is 0 Å². The van der Waals surface area contributed by atoms with Crippen molar-refractivity contribution in [2.24, 2.45) is 5.73 Å². The fourth-order valence-corrected chi connectivity index (χ4v) is 1.22. The molecule has 0 saturated carbocycles. The average molecular weight is 153 g/mol. The molecular weight excluding hydrogens is 142 g/mol. The Balaban J connectivity index is 2.05. The van der Waals surface area contributed by atoms with E-state index in [0.29, 0.717) is 13.3 Å². The second-order valence-electron chi connectivity index (χ2n) is 2.74. The van der Waals surface area contributed by atoms with Crippen LogP contribution >= 0.6 is 0 Å². The summed E-state index contributed by atoms with van der Waals surface area (Å²) in [6.45, 7) is 1.00. The fourth-order valence-electron chi connectivity index (χ4n) is 1.22. The standard InChI is InChI=1S/C8H11NO2/c9-5-7-1-3-8(4-2-7)10-6-11-8/h1-3H,4-6,9H2. The molecule has 0 amide bonds. The number of rotatable bonds is 1. The monoisotopic (exact) mass is 153 g/mol. The molecular formula is C8H11NO2. The first-order valence-electron chi connectivity index (χ1n) is 3.71. The second-order valence-corrected chi connectivity index (χ2v) is 2.74. The lowest BCUT2D eigenvalue weighted by Crippen LogP contribution is -2.45. The fraction of sp³-hybridized carbons (Fsp3) is 0.500. The van der Waals surface area contributed by atoms with E-state index < -0.39 is 5.79 Å². The van der Waals surface area contributed by atoms with Gasteiger partial charge in [0.05, 0.1) is 0 Å². The predicted octanol–water partition coefficient (Wildman–Crippen LogP) is 0.532. The SMILES string of the molecule is NCC1=CCC2(C=C1)OCO2. The zero-order valence-corrected chi connectivity index (χ0v) is 6.25. The Hall–Kier alpha value is -0.640. The highest BCUT2D eigenvalue weighted by Crippen LogP contribution is 2.32. The van der Waals surface area contributed by atoms with E-state index in [1.807, 2.05) is 12.2 Å². The summed E-state index contributed by atoms with van der Waals surface area (Å²) in [5.41, 5.74) is 6.60. The van der Waals surface area contributed by atoms with Gasteiger partial charge >= 0.3 is 0 Å². The Bertz CT molecular complexity index is 216. The van der Waals surface area contributed by atoms with E-state index in [0.717, 1.165) is 12.0 Å². The third-order valence-electron chi connectivity index (χ3n) is 2.04. The molecule has 2 rings (SSSR count). The Labute approximate surface area is 65.5 Å². The molecule has 2 aliphatic rings. The van der Waals surface area contributed by atoms with Gasteiger partial charge < -0.3 is 15.2 Å². The van der Waals surface area contributed by atoms with Crippen molar-refractivity contribution in [1.82, 2.24) is 0 Å². The molecule has 11 heavy (non-hydrogen) atoms. The summed E-state index contributed by atoms with van der Waals surface area (Å²) in [4.78, 5) is 0. The molecule has 0 unspecified atom stereocenters. The van der Waals surface area contributed by atoms with Crippen LogP contribution in [0.1, 0.15) is 6.42 Å². The number of ether oxygens (including phenoxy) is 2. The van der Waals surface area contributed by atoms with Crippen LogP contribution < -0.4 is 5.73 Å². The van der Waals surface area contributed by atoms with Gasteiger partial charge in [-0.25, -0.2) is 0 Å². The molecule has 1 spiro atoms. The van der Waals surface area contributed by atoms with Crippen LogP contribution in [-0.2, 0) is 9.47 Å². The topological polar surface area (TPSA) is 44.5 Å². The Morgan fingerprint density at radius 2 is 2.36 bits per heavy atom. The van der Waals surface area contributed by atoms with Crippen LogP contribution in [0.25, 0.3) is 0 Å². The van der Waals surface area contributed by atoms with E-state index in [2.05, 4.69) is 6.08 Å². The molecule has 0 atom stereocenters. The summed E-state index contributed by atoms with van der Waals surface area (Å²) in [5, 5.41) is 0. The lowest BCUT2D eigenvalue weighted by Gasteiger charge is -2.39. The third kappa shape index (κ3) is 1.11. The molecule has 0 bridgehead atoms. The zero-order chi connectivity index (χ0) is 7.73. The molecule has 0 aromatic heterocycles. The maximum Gasteiger partial charge on any atom is 0.196 e. The van der Waals surface area contributed by atoms with Crippen LogP contribution in [0, 0.1) is 0 Å². The largest absolute Gasteiger partial charge is 0.327 e. The van der Waals surface area contributed by atoms with Crippen LogP contribution in [0.3, 0.4) is 0 Å². The van der Waals surface area contributed by atoms with Crippen LogP contribution in [0.2, 0.25) is 0 Å². The Morgan fingerprint density at radius 3 is 2.73 bits per heavy atom. The van der Waals surface area contributed by atoms with Gasteiger partial charge in [0.15, 0.2) is 12.6 Å². The molecule has 1 heterocycles. The molecule has 0 aromatic rings. The highest BCUT2D eigenvalue weighted by atomic mass is 16.9. The molecule has 3 nitrogen and oxygen atoms in total. The molecule has 1 fully saturated rings. The van der Waals surface area contributed by atoms with Gasteiger partial charge in [0.1, 0.15) is 0 Å². The summed E-state index contributed by atoms with van der Waals surface area (Å²) < 4.78 is 10.5. The Morgan fingerprint density at radius 1 is 1.55 bits per heavy atom. The van der Waals surface area contributed by atoms with Crippen LogP contribution in [-0.4, -0.2) is 19.1 Å². The summed E-state index contributed by atoms with van der Waals surface area (Å²) in [5.74, 6) is -0.432. The quantitative estimate of drug-likeness (QED) is 0.597. The van der Waals surface area contributed by atoms with Crippen molar-refractivity contribution in [1.29, 1.82) is 0 Å². The minimum absolute atomic E-state index is 0.413. The van der Waals surface area contributed by atoms with E-state index in [1.54, 1.807) is 0 Å². The average Bonchev–Trinajstić information content (AvgIpc) is 2.02. The molecule has 2 N–H and O–H groups in total. The van der Waals surface area contributed by atoms with E-state index in [-0.39, 0.29) is 0 Å². The van der Waals surface area contributed by atoms with E-state index >= 15 is 0 Å². The highest BCUT2D eigenvalue weighted by molar-refractivity contribution is 5.27. The number of hydrogen-bond acceptors (Lipinski definition) is 3.